The maximum atomic E-state index is 14.8. The first kappa shape index (κ1) is 28.4. The molecule has 1 aliphatic carbocycles. The molecule has 0 unspecified atom stereocenters. The van der Waals surface area contributed by atoms with Crippen LogP contribution in [0.4, 0.5) is 4.39 Å². The van der Waals surface area contributed by atoms with Gasteiger partial charge in [0.25, 0.3) is 0 Å². The number of halogens is 1. The van der Waals surface area contributed by atoms with Crippen molar-refractivity contribution in [1.82, 2.24) is 14.8 Å². The summed E-state index contributed by atoms with van der Waals surface area (Å²) in [6.45, 7) is 2.03. The minimum atomic E-state index is -4.21. The van der Waals surface area contributed by atoms with Crippen LogP contribution < -0.4 is 5.14 Å². The van der Waals surface area contributed by atoms with Crippen molar-refractivity contribution >= 4 is 50.0 Å². The number of hydrogen-bond donors (Lipinski definition) is 2. The Balaban J connectivity index is 1.46. The van der Waals surface area contributed by atoms with E-state index in [2.05, 4.69) is 16.8 Å². The zero-order chi connectivity index (χ0) is 29.6. The molecule has 1 aliphatic rings. The summed E-state index contributed by atoms with van der Waals surface area (Å²) in [7, 11) is -4.21. The van der Waals surface area contributed by atoms with E-state index in [1.165, 1.54) is 45.1 Å². The number of aryl methyl sites for hydroxylation is 1. The lowest BCUT2D eigenvalue weighted by Crippen LogP contribution is -2.14. The molecule has 0 saturated heterocycles. The summed E-state index contributed by atoms with van der Waals surface area (Å²) in [5, 5.41) is 21.5. The molecule has 4 heterocycles. The van der Waals surface area contributed by atoms with E-state index in [1.807, 2.05) is 31.2 Å². The van der Waals surface area contributed by atoms with Gasteiger partial charge in [0.05, 0.1) is 20.3 Å². The summed E-state index contributed by atoms with van der Waals surface area (Å²) < 4.78 is 40.1. The second kappa shape index (κ2) is 11.2. The van der Waals surface area contributed by atoms with Crippen LogP contribution in [0, 0.1) is 30.5 Å². The molecule has 5 aromatic rings. The van der Waals surface area contributed by atoms with Gasteiger partial charge in [-0.3, -0.25) is 0 Å². The van der Waals surface area contributed by atoms with Crippen LogP contribution in [0.3, 0.4) is 0 Å². The summed E-state index contributed by atoms with van der Waals surface area (Å²) in [4.78, 5) is 19.2. The third kappa shape index (κ3) is 6.08. The molecule has 0 atom stereocenters. The van der Waals surface area contributed by atoms with Gasteiger partial charge in [0.2, 0.25) is 15.2 Å². The molecule has 0 aliphatic heterocycles. The Morgan fingerprint density at radius 1 is 1.14 bits per heavy atom. The van der Waals surface area contributed by atoms with Crippen molar-refractivity contribution in [2.75, 3.05) is 0 Å². The second-order valence-electron chi connectivity index (χ2n) is 9.96. The van der Waals surface area contributed by atoms with Crippen LogP contribution in [0.1, 0.15) is 54.8 Å². The molecule has 0 amide bonds. The number of carbonyl (C=O) groups is 1. The van der Waals surface area contributed by atoms with E-state index in [0.29, 0.717) is 28.7 Å². The van der Waals surface area contributed by atoms with Crippen molar-refractivity contribution < 1.29 is 22.7 Å². The number of hydrogen-bond acceptors (Lipinski definition) is 8. The van der Waals surface area contributed by atoms with Crippen LogP contribution in [-0.2, 0) is 22.9 Å². The predicted molar refractivity (Wildman–Crippen MR) is 162 cm³/mol. The number of thiazole rings is 1. The average Bonchev–Trinajstić information content (AvgIpc) is 3.31. The topological polar surface area (TPSA) is 128 Å². The van der Waals surface area contributed by atoms with Crippen LogP contribution >= 0.6 is 34.0 Å². The van der Waals surface area contributed by atoms with E-state index in [4.69, 9.17) is 10.2 Å². The number of aromatic nitrogens is 3. The molecular weight excluding hydrogens is 616 g/mol. The van der Waals surface area contributed by atoms with Gasteiger partial charge >= 0.3 is 5.97 Å². The Bertz CT molecular complexity index is 2010. The fourth-order valence-corrected chi connectivity index (χ4v) is 7.49. The molecule has 0 bridgehead atoms. The number of carboxylic acid groups (broad SMARTS) is 1. The van der Waals surface area contributed by atoms with Crippen molar-refractivity contribution in [2.24, 2.45) is 11.1 Å². The standard InChI is InChI=1S/C29H23FN4O4S4/c1-16-2-6-19(40-16)7-8-20-9-10-25(41-20)27-21(12-18-5-11-26(22(30)13-18)42(31,37)38)24(14-17-3-4-17)34(33-27)29-32-23(15-39-29)28(35)36/h2,5-6,9-11,13,15,17H,3-4,12,14H2,1H3,(H,35,36)(H2,31,37,38). The summed E-state index contributed by atoms with van der Waals surface area (Å²) >= 11 is 4.30. The van der Waals surface area contributed by atoms with Crippen LogP contribution in [0.25, 0.3) is 15.7 Å². The predicted octanol–water partition coefficient (Wildman–Crippen LogP) is 5.86. The zero-order valence-corrected chi connectivity index (χ0v) is 25.4. The van der Waals surface area contributed by atoms with Gasteiger partial charge in [0, 0.05) is 22.2 Å². The maximum Gasteiger partial charge on any atom is 0.355 e. The Kier molecular flexibility index (Phi) is 7.59. The van der Waals surface area contributed by atoms with Gasteiger partial charge < -0.3 is 5.11 Å². The van der Waals surface area contributed by atoms with E-state index >= 15 is 0 Å². The first-order valence-corrected chi connectivity index (χ1v) is 16.9. The molecule has 1 aromatic carbocycles. The number of nitrogens with two attached hydrogens (primary N) is 1. The lowest BCUT2D eigenvalue weighted by molar-refractivity contribution is 0.0691. The lowest BCUT2D eigenvalue weighted by atomic mass is 9.99. The third-order valence-corrected chi connectivity index (χ3v) is 10.4. The van der Waals surface area contributed by atoms with Crippen molar-refractivity contribution in [1.29, 1.82) is 0 Å². The fourth-order valence-electron chi connectivity index (χ4n) is 4.54. The van der Waals surface area contributed by atoms with Gasteiger partial charge in [0.15, 0.2) is 5.69 Å². The van der Waals surface area contributed by atoms with Crippen molar-refractivity contribution in [2.45, 2.75) is 37.5 Å². The van der Waals surface area contributed by atoms with Crippen LogP contribution in [0.5, 0.6) is 0 Å². The summed E-state index contributed by atoms with van der Waals surface area (Å²) in [6.07, 6.45) is 3.09. The number of nitrogens with zero attached hydrogens (tertiary/aromatic N) is 3. The zero-order valence-electron chi connectivity index (χ0n) is 22.1. The molecule has 13 heteroatoms. The molecule has 3 N–H and O–H groups in total. The number of sulfonamides is 1. The lowest BCUT2D eigenvalue weighted by Gasteiger charge is -2.09. The highest BCUT2D eigenvalue weighted by molar-refractivity contribution is 7.89. The molecule has 42 heavy (non-hydrogen) atoms. The van der Waals surface area contributed by atoms with E-state index < -0.39 is 26.7 Å². The summed E-state index contributed by atoms with van der Waals surface area (Å²) in [6, 6.07) is 11.8. The Morgan fingerprint density at radius 2 is 1.88 bits per heavy atom. The Labute approximate surface area is 253 Å². The van der Waals surface area contributed by atoms with Crippen molar-refractivity contribution in [3.05, 3.63) is 90.8 Å². The molecule has 1 fully saturated rings. The minimum absolute atomic E-state index is 0.0656. The number of aromatic carboxylic acids is 1. The molecule has 0 spiro atoms. The van der Waals surface area contributed by atoms with Gasteiger partial charge in [-0.15, -0.1) is 34.0 Å². The quantitative estimate of drug-likeness (QED) is 0.205. The number of carboxylic acids is 1. The highest BCUT2D eigenvalue weighted by Gasteiger charge is 2.30. The van der Waals surface area contributed by atoms with Crippen molar-refractivity contribution in [3.63, 3.8) is 0 Å². The summed E-state index contributed by atoms with van der Waals surface area (Å²) in [5.74, 6) is 4.83. The second-order valence-corrected chi connectivity index (χ2v) is 14.7. The van der Waals surface area contributed by atoms with Crippen LogP contribution in [-0.4, -0.2) is 34.3 Å². The van der Waals surface area contributed by atoms with Gasteiger partial charge in [-0.2, -0.15) is 5.10 Å². The number of benzene rings is 1. The monoisotopic (exact) mass is 638 g/mol. The van der Waals surface area contributed by atoms with Gasteiger partial charge in [-0.1, -0.05) is 6.07 Å². The SMILES string of the molecule is Cc1ccc(C#Cc2ccc(-c3nn(-c4nc(C(=O)O)cs4)c(CC4CC4)c3Cc3ccc(S(N)(=O)=O)c(F)c3)s2)s1. The summed E-state index contributed by atoms with van der Waals surface area (Å²) in [5.41, 5.74) is 2.85. The Hall–Kier alpha value is -3.67. The fraction of sp³-hybridized carbons (Fsp3) is 0.207. The number of thiophene rings is 2. The molecule has 6 rings (SSSR count). The van der Waals surface area contributed by atoms with Crippen LogP contribution in [0.2, 0.25) is 0 Å². The van der Waals surface area contributed by atoms with E-state index in [-0.39, 0.29) is 12.1 Å². The highest BCUT2D eigenvalue weighted by Crippen LogP contribution is 2.39. The van der Waals surface area contributed by atoms with Crippen LogP contribution in [0.15, 0.2) is 52.7 Å². The number of primary sulfonamides is 1. The highest BCUT2D eigenvalue weighted by atomic mass is 32.2. The van der Waals surface area contributed by atoms with Gasteiger partial charge in [0.1, 0.15) is 16.4 Å². The van der Waals surface area contributed by atoms with E-state index in [0.717, 1.165) is 38.7 Å². The van der Waals surface area contributed by atoms with Gasteiger partial charge in [-0.25, -0.2) is 32.4 Å². The minimum Gasteiger partial charge on any atom is -0.476 e. The molecule has 4 aromatic heterocycles. The normalized spacial score (nSPS) is 13.2. The molecule has 214 valence electrons. The van der Waals surface area contributed by atoms with Crippen molar-refractivity contribution in [3.8, 4) is 27.5 Å². The van der Waals surface area contributed by atoms with E-state index in [9.17, 15) is 22.7 Å². The average molecular weight is 639 g/mol. The largest absolute Gasteiger partial charge is 0.476 e. The first-order chi connectivity index (χ1) is 20.0. The van der Waals surface area contributed by atoms with Gasteiger partial charge in [-0.05, 0) is 85.9 Å². The first-order valence-electron chi connectivity index (χ1n) is 12.8. The van der Waals surface area contributed by atoms with E-state index in [1.54, 1.807) is 22.1 Å². The molecular formula is C29H23FN4O4S4. The third-order valence-electron chi connectivity index (χ3n) is 6.73. The molecule has 0 radical (unpaired) electrons. The Morgan fingerprint density at radius 3 is 2.50 bits per heavy atom. The molecule has 1 saturated carbocycles. The smallest absolute Gasteiger partial charge is 0.355 e. The maximum absolute atomic E-state index is 14.8. The molecule has 8 nitrogen and oxygen atoms in total. The number of rotatable bonds is 8.